The zero-order valence-electron chi connectivity index (χ0n) is 28.8. The summed E-state index contributed by atoms with van der Waals surface area (Å²) < 4.78 is 39.3. The van der Waals surface area contributed by atoms with Gasteiger partial charge >= 0.3 is 6.03 Å². The van der Waals surface area contributed by atoms with E-state index in [-0.39, 0.29) is 22.5 Å². The van der Waals surface area contributed by atoms with Crippen molar-refractivity contribution in [2.45, 2.75) is 56.1 Å². The summed E-state index contributed by atoms with van der Waals surface area (Å²) in [4.78, 5) is 22.7. The molecule has 0 aliphatic heterocycles. The first-order valence-corrected chi connectivity index (χ1v) is 18.3. The van der Waals surface area contributed by atoms with E-state index < -0.39 is 15.9 Å². The van der Waals surface area contributed by atoms with E-state index in [9.17, 15) is 13.2 Å². The summed E-state index contributed by atoms with van der Waals surface area (Å²) >= 11 is 0. The van der Waals surface area contributed by atoms with E-state index in [1.807, 2.05) is 61.5 Å². The molecule has 1 saturated carbocycles. The average molecular weight is 703 g/mol. The Bertz CT molecular complexity index is 2350. The number of nitrogens with one attached hydrogen (secondary N) is 2. The number of aromatic nitrogens is 4. The fraction of sp³-hybridized carbons (Fsp3) is 0.231. The molecule has 1 aliphatic rings. The van der Waals surface area contributed by atoms with Gasteiger partial charge in [0.2, 0.25) is 5.88 Å². The molecule has 2 amide bonds. The zero-order chi connectivity index (χ0) is 35.7. The Labute approximate surface area is 296 Å². The number of carbonyl (C=O) groups excluding carboxylic acids is 1. The highest BCUT2D eigenvalue weighted by Crippen LogP contribution is 2.36. The van der Waals surface area contributed by atoms with Gasteiger partial charge in [-0.05, 0) is 73.7 Å². The van der Waals surface area contributed by atoms with E-state index in [1.165, 1.54) is 7.11 Å². The van der Waals surface area contributed by atoms with Crippen LogP contribution in [0.25, 0.3) is 16.5 Å². The van der Waals surface area contributed by atoms with Crippen LogP contribution < -0.4 is 20.1 Å². The summed E-state index contributed by atoms with van der Waals surface area (Å²) in [5.74, 6) is 2.51. The lowest BCUT2D eigenvalue weighted by atomic mass is 10.1. The fourth-order valence-corrected chi connectivity index (χ4v) is 7.53. The number of urea groups is 1. The van der Waals surface area contributed by atoms with Gasteiger partial charge in [-0.1, -0.05) is 55.8 Å². The lowest BCUT2D eigenvalue weighted by Gasteiger charge is -2.14. The van der Waals surface area contributed by atoms with E-state index in [4.69, 9.17) is 14.6 Å². The van der Waals surface area contributed by atoms with E-state index in [0.29, 0.717) is 53.1 Å². The molecule has 51 heavy (non-hydrogen) atoms. The molecule has 2 aromatic heterocycles. The Morgan fingerprint density at radius 3 is 2.43 bits per heavy atom. The Kier molecular flexibility index (Phi) is 9.17. The lowest BCUT2D eigenvalue weighted by Crippen LogP contribution is -2.21. The highest BCUT2D eigenvalue weighted by Gasteiger charge is 2.37. The molecule has 6 aromatic rings. The SMILES string of the molecule is COc1cc(Cc2nccc(Oc3ccc(NC(=O)Nc4cc(C(C)C)nn4-c4ccc(C)cc4)c4ccccc34)n2)cc(S(=O)(=O)C2CC2)c1. The van der Waals surface area contributed by atoms with Crippen molar-refractivity contribution < 1.29 is 22.7 Å². The summed E-state index contributed by atoms with van der Waals surface area (Å²) in [7, 11) is -1.89. The van der Waals surface area contributed by atoms with Gasteiger partial charge in [0.15, 0.2) is 9.84 Å². The molecule has 0 atom stereocenters. The predicted molar refractivity (Wildman–Crippen MR) is 197 cm³/mol. The van der Waals surface area contributed by atoms with Gasteiger partial charge in [-0.3, -0.25) is 5.32 Å². The lowest BCUT2D eigenvalue weighted by molar-refractivity contribution is 0.262. The second kappa shape index (κ2) is 13.9. The van der Waals surface area contributed by atoms with Crippen LogP contribution in [0.1, 0.15) is 55.3 Å². The molecule has 2 N–H and O–H groups in total. The molecule has 0 unspecified atom stereocenters. The van der Waals surface area contributed by atoms with Crippen molar-refractivity contribution in [2.75, 3.05) is 17.7 Å². The standard InChI is InChI=1S/C39H38N6O5S/c1-24(2)34-23-37(45(44-34)27-11-9-25(3)10-12-27)43-39(46)41-33-15-16-35(32-8-6-5-7-31(32)33)50-38-17-18-40-36(42-38)21-26-19-28(49-4)22-30(20-26)51(47,48)29-13-14-29/h5-12,15-20,22-24,29H,13-14,21H2,1-4H3,(H2,41,43,46). The Morgan fingerprint density at radius 1 is 0.941 bits per heavy atom. The van der Waals surface area contributed by atoms with Crippen LogP contribution in [-0.4, -0.2) is 46.6 Å². The fourth-order valence-electron chi connectivity index (χ4n) is 5.80. The van der Waals surface area contributed by atoms with Crippen molar-refractivity contribution in [1.29, 1.82) is 0 Å². The Morgan fingerprint density at radius 2 is 1.71 bits per heavy atom. The van der Waals surface area contributed by atoms with Crippen LogP contribution in [0.5, 0.6) is 17.4 Å². The second-order valence-corrected chi connectivity index (χ2v) is 15.2. The second-order valence-electron chi connectivity index (χ2n) is 12.9. The van der Waals surface area contributed by atoms with Crippen molar-refractivity contribution in [1.82, 2.24) is 19.7 Å². The molecule has 12 heteroatoms. The number of fused-ring (bicyclic) bond motifs is 1. The molecule has 1 aliphatic carbocycles. The first-order chi connectivity index (χ1) is 24.6. The minimum atomic E-state index is -3.41. The van der Waals surface area contributed by atoms with Crippen LogP contribution in [0, 0.1) is 6.92 Å². The molecule has 4 aromatic carbocycles. The van der Waals surface area contributed by atoms with Gasteiger partial charge in [-0.15, -0.1) is 0 Å². The van der Waals surface area contributed by atoms with Crippen LogP contribution in [0.15, 0.2) is 102 Å². The summed E-state index contributed by atoms with van der Waals surface area (Å²) in [6.07, 6.45) is 3.24. The van der Waals surface area contributed by atoms with Crippen molar-refractivity contribution in [3.63, 3.8) is 0 Å². The minimum absolute atomic E-state index is 0.174. The molecular formula is C39H38N6O5S. The Hall–Kier alpha value is -5.75. The molecule has 260 valence electrons. The summed E-state index contributed by atoms with van der Waals surface area (Å²) in [5, 5.41) is 11.9. The minimum Gasteiger partial charge on any atom is -0.497 e. The number of hydrogen-bond acceptors (Lipinski definition) is 8. The van der Waals surface area contributed by atoms with Gasteiger partial charge in [-0.2, -0.15) is 10.1 Å². The predicted octanol–water partition coefficient (Wildman–Crippen LogP) is 8.22. The molecule has 0 bridgehead atoms. The number of nitrogens with zero attached hydrogens (tertiary/aromatic N) is 4. The third-order valence-electron chi connectivity index (χ3n) is 8.70. The Balaban J connectivity index is 1.10. The third-order valence-corrected chi connectivity index (χ3v) is 10.9. The van der Waals surface area contributed by atoms with E-state index in [0.717, 1.165) is 27.7 Å². The number of benzene rings is 4. The topological polar surface area (TPSA) is 137 Å². The highest BCUT2D eigenvalue weighted by molar-refractivity contribution is 7.92. The van der Waals surface area contributed by atoms with Crippen LogP contribution in [-0.2, 0) is 16.3 Å². The van der Waals surface area contributed by atoms with E-state index in [2.05, 4.69) is 34.4 Å². The van der Waals surface area contributed by atoms with Gasteiger partial charge in [0.05, 0.1) is 34.3 Å². The number of ether oxygens (including phenoxy) is 2. The van der Waals surface area contributed by atoms with Crippen LogP contribution >= 0.6 is 0 Å². The summed E-state index contributed by atoms with van der Waals surface area (Å²) in [5.41, 5.74) is 4.15. The normalized spacial score (nSPS) is 13.0. The molecule has 0 spiro atoms. The first-order valence-electron chi connectivity index (χ1n) is 16.8. The molecule has 0 saturated heterocycles. The van der Waals surface area contributed by atoms with Crippen molar-refractivity contribution in [3.8, 4) is 23.1 Å². The van der Waals surface area contributed by atoms with Crippen LogP contribution in [0.2, 0.25) is 0 Å². The molecule has 11 nitrogen and oxygen atoms in total. The van der Waals surface area contributed by atoms with Gasteiger partial charge in [0, 0.05) is 35.5 Å². The maximum Gasteiger partial charge on any atom is 0.324 e. The van der Waals surface area contributed by atoms with Gasteiger partial charge < -0.3 is 14.8 Å². The third kappa shape index (κ3) is 7.41. The summed E-state index contributed by atoms with van der Waals surface area (Å²) in [6, 6.07) is 27.3. The van der Waals surface area contributed by atoms with Crippen LogP contribution in [0.4, 0.5) is 16.3 Å². The van der Waals surface area contributed by atoms with Crippen molar-refractivity contribution >= 4 is 38.1 Å². The number of hydrogen-bond donors (Lipinski definition) is 2. The molecule has 7 rings (SSSR count). The van der Waals surface area contributed by atoms with Crippen molar-refractivity contribution in [2.24, 2.45) is 0 Å². The van der Waals surface area contributed by atoms with Gasteiger partial charge in [0.1, 0.15) is 23.1 Å². The number of sulfone groups is 1. The largest absolute Gasteiger partial charge is 0.497 e. The number of anilines is 2. The first kappa shape index (κ1) is 33.7. The molecule has 2 heterocycles. The number of rotatable bonds is 11. The average Bonchev–Trinajstić information content (AvgIpc) is 3.91. The molecule has 1 fully saturated rings. The maximum absolute atomic E-state index is 13.4. The van der Waals surface area contributed by atoms with Gasteiger partial charge in [-0.25, -0.2) is 22.9 Å². The highest BCUT2D eigenvalue weighted by atomic mass is 32.2. The zero-order valence-corrected chi connectivity index (χ0v) is 29.6. The van der Waals surface area contributed by atoms with Crippen molar-refractivity contribution in [3.05, 3.63) is 120 Å². The van der Waals surface area contributed by atoms with Gasteiger partial charge in [0.25, 0.3) is 0 Å². The quantitative estimate of drug-likeness (QED) is 0.138. The molecular weight excluding hydrogens is 665 g/mol. The monoisotopic (exact) mass is 702 g/mol. The number of carbonyl (C=O) groups is 1. The smallest absolute Gasteiger partial charge is 0.324 e. The molecule has 0 radical (unpaired) electrons. The van der Waals surface area contributed by atoms with E-state index in [1.54, 1.807) is 47.3 Å². The van der Waals surface area contributed by atoms with Crippen LogP contribution in [0.3, 0.4) is 0 Å². The number of aryl methyl sites for hydroxylation is 1. The number of amides is 2. The number of methoxy groups -OCH3 is 1. The maximum atomic E-state index is 13.4. The summed E-state index contributed by atoms with van der Waals surface area (Å²) in [6.45, 7) is 6.14. The van der Waals surface area contributed by atoms with E-state index >= 15 is 0 Å².